The van der Waals surface area contributed by atoms with Crippen molar-refractivity contribution in [1.29, 1.82) is 0 Å². The van der Waals surface area contributed by atoms with Crippen molar-refractivity contribution in [3.63, 3.8) is 0 Å². The van der Waals surface area contributed by atoms with Crippen LogP contribution in [0.1, 0.15) is 78.2 Å². The number of piperazine rings is 1. The molecule has 3 heteroatoms. The zero-order valence-electron chi connectivity index (χ0n) is 18.2. The Morgan fingerprint density at radius 2 is 1.63 bits per heavy atom. The molecule has 1 saturated carbocycles. The van der Waals surface area contributed by atoms with Crippen molar-refractivity contribution >= 4 is 5.69 Å². The Kier molecular flexibility index (Phi) is 6.20. The summed E-state index contributed by atoms with van der Waals surface area (Å²) in [7, 11) is 0. The molecule has 1 aliphatic carbocycles. The maximum atomic E-state index is 14.2. The van der Waals surface area contributed by atoms with Gasteiger partial charge in [-0.15, -0.1) is 0 Å². The van der Waals surface area contributed by atoms with Crippen molar-refractivity contribution in [2.24, 2.45) is 10.8 Å². The Balaban J connectivity index is 1.80. The number of unbranched alkanes of at least 4 members (excludes halogenated alkanes) is 1. The number of halogens is 1. The van der Waals surface area contributed by atoms with E-state index in [-0.39, 0.29) is 5.82 Å². The molecule has 1 aromatic rings. The van der Waals surface area contributed by atoms with Crippen molar-refractivity contribution in [3.05, 3.63) is 29.6 Å². The summed E-state index contributed by atoms with van der Waals surface area (Å²) in [5.74, 6) is 0.365. The normalized spacial score (nSPS) is 23.6. The van der Waals surface area contributed by atoms with Gasteiger partial charge in [-0.1, -0.05) is 41.0 Å². The Bertz CT molecular complexity index is 613. The zero-order valence-corrected chi connectivity index (χ0v) is 18.2. The minimum Gasteiger partial charge on any atom is -0.369 e. The molecule has 1 saturated heterocycles. The van der Waals surface area contributed by atoms with E-state index in [1.54, 1.807) is 6.07 Å². The Hall–Kier alpha value is -1.09. The van der Waals surface area contributed by atoms with E-state index in [1.807, 2.05) is 12.1 Å². The van der Waals surface area contributed by atoms with E-state index in [1.165, 1.54) is 37.1 Å². The molecular weight excluding hydrogens is 335 g/mol. The highest BCUT2D eigenvalue weighted by Gasteiger charge is 2.40. The number of benzene rings is 1. The molecule has 0 spiro atoms. The van der Waals surface area contributed by atoms with Crippen LogP contribution < -0.4 is 4.90 Å². The van der Waals surface area contributed by atoms with E-state index < -0.39 is 0 Å². The second-order valence-electron chi connectivity index (χ2n) is 10.5. The number of nitrogens with zero attached hydrogens (tertiary/aromatic N) is 2. The molecule has 0 aromatic heterocycles. The van der Waals surface area contributed by atoms with Gasteiger partial charge in [0.25, 0.3) is 0 Å². The first kappa shape index (κ1) is 20.6. The second-order valence-corrected chi connectivity index (χ2v) is 10.5. The molecule has 0 N–H and O–H groups in total. The van der Waals surface area contributed by atoms with Crippen LogP contribution in [0.4, 0.5) is 10.1 Å². The van der Waals surface area contributed by atoms with Crippen molar-refractivity contribution < 1.29 is 4.39 Å². The number of rotatable bonds is 5. The quantitative estimate of drug-likeness (QED) is 0.617. The van der Waals surface area contributed by atoms with Crippen molar-refractivity contribution in [2.75, 3.05) is 37.6 Å². The SMILES string of the molecule is CCCCN1CCN(c2ccc(F)cc2C2CC(C)(C)CC(C)(C)C2)CC1. The van der Waals surface area contributed by atoms with Gasteiger partial charge >= 0.3 is 0 Å². The van der Waals surface area contributed by atoms with E-state index in [0.29, 0.717) is 16.7 Å². The fourth-order valence-corrected chi connectivity index (χ4v) is 5.80. The van der Waals surface area contributed by atoms with Gasteiger partial charge in [0, 0.05) is 31.9 Å². The van der Waals surface area contributed by atoms with E-state index in [9.17, 15) is 4.39 Å². The molecule has 3 rings (SSSR count). The lowest BCUT2D eigenvalue weighted by molar-refractivity contribution is 0.0968. The van der Waals surface area contributed by atoms with Gasteiger partial charge in [0.05, 0.1) is 0 Å². The number of anilines is 1. The number of hydrogen-bond donors (Lipinski definition) is 0. The van der Waals surface area contributed by atoms with Crippen LogP contribution >= 0.6 is 0 Å². The van der Waals surface area contributed by atoms with Crippen LogP contribution in [0.25, 0.3) is 0 Å². The number of hydrogen-bond acceptors (Lipinski definition) is 2. The van der Waals surface area contributed by atoms with E-state index in [0.717, 1.165) is 39.0 Å². The van der Waals surface area contributed by atoms with Crippen LogP contribution in [0.3, 0.4) is 0 Å². The summed E-state index contributed by atoms with van der Waals surface area (Å²) in [6.45, 7) is 17.4. The van der Waals surface area contributed by atoms with Gasteiger partial charge in [-0.2, -0.15) is 0 Å². The topological polar surface area (TPSA) is 6.48 Å². The summed E-state index contributed by atoms with van der Waals surface area (Å²) in [6, 6.07) is 5.53. The highest BCUT2D eigenvalue weighted by molar-refractivity contribution is 5.56. The van der Waals surface area contributed by atoms with Crippen molar-refractivity contribution in [2.45, 2.75) is 72.6 Å². The van der Waals surface area contributed by atoms with Crippen LogP contribution in [0.2, 0.25) is 0 Å². The van der Waals surface area contributed by atoms with E-state index in [2.05, 4.69) is 44.4 Å². The van der Waals surface area contributed by atoms with Crippen molar-refractivity contribution in [3.8, 4) is 0 Å². The minimum atomic E-state index is -0.0866. The fraction of sp³-hybridized carbons (Fsp3) is 0.750. The van der Waals surface area contributed by atoms with E-state index >= 15 is 0 Å². The van der Waals surface area contributed by atoms with Crippen LogP contribution in [0, 0.1) is 16.6 Å². The third-order valence-electron chi connectivity index (χ3n) is 6.53. The van der Waals surface area contributed by atoms with Crippen molar-refractivity contribution in [1.82, 2.24) is 4.90 Å². The molecule has 2 aliphatic rings. The molecule has 2 nitrogen and oxygen atoms in total. The zero-order chi connectivity index (χ0) is 19.7. The van der Waals surface area contributed by atoms with Crippen LogP contribution in [-0.2, 0) is 0 Å². The molecular formula is C24H39FN2. The lowest BCUT2D eigenvalue weighted by Crippen LogP contribution is -2.47. The minimum absolute atomic E-state index is 0.0866. The Morgan fingerprint density at radius 1 is 1.00 bits per heavy atom. The third-order valence-corrected chi connectivity index (χ3v) is 6.53. The second kappa shape index (κ2) is 8.11. The lowest BCUT2D eigenvalue weighted by atomic mass is 9.60. The summed E-state index contributed by atoms with van der Waals surface area (Å²) < 4.78 is 14.2. The first-order valence-electron chi connectivity index (χ1n) is 11.0. The summed E-state index contributed by atoms with van der Waals surface area (Å²) in [5.41, 5.74) is 3.16. The highest BCUT2D eigenvalue weighted by Crippen LogP contribution is 2.53. The van der Waals surface area contributed by atoms with Gasteiger partial charge in [-0.25, -0.2) is 4.39 Å². The van der Waals surface area contributed by atoms with Gasteiger partial charge < -0.3 is 4.90 Å². The van der Waals surface area contributed by atoms with Crippen LogP contribution in [-0.4, -0.2) is 37.6 Å². The molecule has 27 heavy (non-hydrogen) atoms. The standard InChI is InChI=1S/C24H39FN2/c1-6-7-10-26-11-13-27(14-12-26)22-9-8-20(25)15-21(22)19-16-23(2,3)18-24(4,5)17-19/h8-9,15,19H,6-7,10-14,16-18H2,1-5H3. The van der Waals surface area contributed by atoms with E-state index in [4.69, 9.17) is 0 Å². The smallest absolute Gasteiger partial charge is 0.123 e. The van der Waals surface area contributed by atoms with Crippen LogP contribution in [0.5, 0.6) is 0 Å². The molecule has 152 valence electrons. The summed E-state index contributed by atoms with van der Waals surface area (Å²) in [4.78, 5) is 5.09. The van der Waals surface area contributed by atoms with Crippen LogP contribution in [0.15, 0.2) is 18.2 Å². The Labute approximate surface area is 166 Å². The van der Waals surface area contributed by atoms with Gasteiger partial charge in [-0.3, -0.25) is 4.90 Å². The summed E-state index contributed by atoms with van der Waals surface area (Å²) >= 11 is 0. The Morgan fingerprint density at radius 3 is 2.22 bits per heavy atom. The third kappa shape index (κ3) is 5.25. The summed E-state index contributed by atoms with van der Waals surface area (Å²) in [5, 5.41) is 0. The first-order valence-corrected chi connectivity index (χ1v) is 11.0. The molecule has 0 radical (unpaired) electrons. The predicted molar refractivity (Wildman–Crippen MR) is 114 cm³/mol. The highest BCUT2D eigenvalue weighted by atomic mass is 19.1. The monoisotopic (exact) mass is 374 g/mol. The molecule has 1 aliphatic heterocycles. The molecule has 0 amide bonds. The lowest BCUT2D eigenvalue weighted by Gasteiger charge is -2.46. The molecule has 2 fully saturated rings. The molecule has 1 heterocycles. The van der Waals surface area contributed by atoms with Gasteiger partial charge in [0.1, 0.15) is 5.82 Å². The fourth-order valence-electron chi connectivity index (χ4n) is 5.80. The van der Waals surface area contributed by atoms with Gasteiger partial charge in [-0.05, 0) is 72.7 Å². The molecule has 0 bridgehead atoms. The largest absolute Gasteiger partial charge is 0.369 e. The van der Waals surface area contributed by atoms with Gasteiger partial charge in [0.2, 0.25) is 0 Å². The maximum absolute atomic E-state index is 14.2. The molecule has 0 unspecified atom stereocenters. The predicted octanol–water partition coefficient (Wildman–Crippen LogP) is 6.07. The first-order chi connectivity index (χ1) is 12.7. The average molecular weight is 375 g/mol. The molecule has 1 aromatic carbocycles. The molecule has 0 atom stereocenters. The maximum Gasteiger partial charge on any atom is 0.123 e. The summed E-state index contributed by atoms with van der Waals surface area (Å²) in [6.07, 6.45) is 6.10. The average Bonchev–Trinajstić information content (AvgIpc) is 2.58. The van der Waals surface area contributed by atoms with Gasteiger partial charge in [0.15, 0.2) is 0 Å².